The maximum atomic E-state index is 9.53. The Labute approximate surface area is 131 Å². The molecule has 1 saturated carbocycles. The number of hydrogen-bond acceptors (Lipinski definition) is 2. The van der Waals surface area contributed by atoms with Crippen molar-refractivity contribution in [1.82, 2.24) is 0 Å². The third kappa shape index (κ3) is 2.54. The van der Waals surface area contributed by atoms with Crippen LogP contribution in [0.3, 0.4) is 0 Å². The molecule has 0 aromatic heterocycles. The van der Waals surface area contributed by atoms with Crippen LogP contribution in [0.15, 0.2) is 23.8 Å². The van der Waals surface area contributed by atoms with Crippen molar-refractivity contribution < 1.29 is 8.17 Å². The van der Waals surface area contributed by atoms with Gasteiger partial charge in [-0.15, -0.1) is 0 Å². The summed E-state index contributed by atoms with van der Waals surface area (Å²) in [6.07, 6.45) is 8.85. The number of halogens is 1. The first-order valence-electron chi connectivity index (χ1n) is 7.27. The van der Waals surface area contributed by atoms with Crippen LogP contribution in [0.1, 0.15) is 52.4 Å². The monoisotopic (exact) mass is 376 g/mol. The predicted octanol–water partition coefficient (Wildman–Crippen LogP) is 4.58. The zero-order chi connectivity index (χ0) is 14.1. The minimum atomic E-state index is -0.0886. The van der Waals surface area contributed by atoms with Crippen molar-refractivity contribution in [2.45, 2.75) is 58.0 Å². The van der Waals surface area contributed by atoms with Crippen molar-refractivity contribution in [2.24, 2.45) is 11.3 Å². The molecule has 19 heavy (non-hydrogen) atoms. The lowest BCUT2D eigenvalue weighted by atomic mass is 9.54. The summed E-state index contributed by atoms with van der Waals surface area (Å²) in [6, 6.07) is 0. The highest BCUT2D eigenvalue weighted by atomic mass is 127. The van der Waals surface area contributed by atoms with E-state index in [0.29, 0.717) is 5.92 Å². The van der Waals surface area contributed by atoms with Gasteiger partial charge in [0.15, 0.2) is 0 Å². The van der Waals surface area contributed by atoms with Gasteiger partial charge in [0.25, 0.3) is 0 Å². The summed E-state index contributed by atoms with van der Waals surface area (Å²) in [5, 5.41) is 9.53. The summed E-state index contributed by atoms with van der Waals surface area (Å²) in [5.74, 6) is 0.462. The summed E-state index contributed by atoms with van der Waals surface area (Å²) in [6.45, 7) is 8.84. The number of aliphatic hydroxyl groups excluding tert-OH is 1. The van der Waals surface area contributed by atoms with E-state index < -0.39 is 0 Å². The topological polar surface area (TPSA) is 29.5 Å². The average molecular weight is 376 g/mol. The van der Waals surface area contributed by atoms with Crippen LogP contribution in [-0.2, 0) is 3.07 Å². The Balaban J connectivity index is 2.46. The highest BCUT2D eigenvalue weighted by molar-refractivity contribution is 14.1. The molecule has 3 unspecified atom stereocenters. The van der Waals surface area contributed by atoms with Gasteiger partial charge in [-0.3, -0.25) is 0 Å². The molecule has 2 rings (SSSR count). The first kappa shape index (κ1) is 15.5. The second kappa shape index (κ2) is 5.86. The van der Waals surface area contributed by atoms with E-state index in [9.17, 15) is 5.11 Å². The second-order valence-electron chi connectivity index (χ2n) is 6.41. The van der Waals surface area contributed by atoms with Crippen LogP contribution < -0.4 is 0 Å². The predicted molar refractivity (Wildman–Crippen MR) is 87.1 cm³/mol. The Bertz CT molecular complexity index is 390. The number of aliphatic hydroxyl groups is 1. The Kier molecular flexibility index (Phi) is 4.79. The molecule has 3 atom stereocenters. The van der Waals surface area contributed by atoms with Gasteiger partial charge in [0.2, 0.25) is 0 Å². The number of hydrogen-bond donors (Lipinski definition) is 1. The van der Waals surface area contributed by atoms with E-state index in [0.717, 1.165) is 32.1 Å². The Hall–Kier alpha value is 0.130. The van der Waals surface area contributed by atoms with Crippen molar-refractivity contribution in [3.05, 3.63) is 23.8 Å². The maximum Gasteiger partial charge on any atom is 0.110 e. The minimum Gasteiger partial charge on any atom is -0.396 e. The van der Waals surface area contributed by atoms with E-state index in [4.69, 9.17) is 3.07 Å². The van der Waals surface area contributed by atoms with Gasteiger partial charge in [-0.25, -0.2) is 0 Å². The van der Waals surface area contributed by atoms with Gasteiger partial charge in [0.05, 0.1) is 0 Å². The number of fused-ring (bicyclic) bond motifs is 1. The van der Waals surface area contributed by atoms with Gasteiger partial charge in [-0.05, 0) is 62.4 Å². The van der Waals surface area contributed by atoms with Gasteiger partial charge in [0.1, 0.15) is 28.6 Å². The van der Waals surface area contributed by atoms with Crippen LogP contribution in [0.25, 0.3) is 0 Å². The number of allylic oxidation sites excluding steroid dienone is 2. The first-order chi connectivity index (χ1) is 9.00. The maximum absolute atomic E-state index is 9.53. The largest absolute Gasteiger partial charge is 0.396 e. The highest BCUT2D eigenvalue weighted by Crippen LogP contribution is 2.58. The highest BCUT2D eigenvalue weighted by Gasteiger charge is 2.52. The molecule has 2 aliphatic carbocycles. The van der Waals surface area contributed by atoms with Crippen molar-refractivity contribution in [2.75, 3.05) is 6.61 Å². The van der Waals surface area contributed by atoms with Gasteiger partial charge < -0.3 is 8.17 Å². The molecule has 1 N–H and O–H groups in total. The van der Waals surface area contributed by atoms with E-state index in [1.54, 1.807) is 0 Å². The molecular formula is C16H25IO2. The standard InChI is InChI=1S/C16H25IO2/c1-12(2)13-7-9-16(19-17)8-5-4-6-14(16)15(13,3)10-11-18/h6,13,18H,1,4-5,7-11H2,2-3H3. The van der Waals surface area contributed by atoms with Crippen LogP contribution in [0.4, 0.5) is 0 Å². The SMILES string of the molecule is C=C(C)C1CCC2(OI)CCCC=C2C1(C)CCO. The lowest BCUT2D eigenvalue weighted by Gasteiger charge is -2.54. The van der Waals surface area contributed by atoms with Crippen molar-refractivity contribution >= 4 is 23.0 Å². The molecular weight excluding hydrogens is 351 g/mol. The van der Waals surface area contributed by atoms with E-state index in [2.05, 4.69) is 49.5 Å². The summed E-state index contributed by atoms with van der Waals surface area (Å²) < 4.78 is 5.94. The molecule has 0 aromatic carbocycles. The van der Waals surface area contributed by atoms with E-state index in [1.165, 1.54) is 17.6 Å². The molecule has 0 aromatic rings. The molecule has 0 spiro atoms. The summed E-state index contributed by atoms with van der Waals surface area (Å²) in [7, 11) is 0. The van der Waals surface area contributed by atoms with Gasteiger partial charge in [0, 0.05) is 6.61 Å². The number of rotatable bonds is 4. The smallest absolute Gasteiger partial charge is 0.110 e. The summed E-state index contributed by atoms with van der Waals surface area (Å²) in [5.41, 5.74) is 2.58. The Morgan fingerprint density at radius 1 is 1.58 bits per heavy atom. The molecule has 3 heteroatoms. The fraction of sp³-hybridized carbons (Fsp3) is 0.750. The van der Waals surface area contributed by atoms with Gasteiger partial charge in [-0.2, -0.15) is 0 Å². The molecule has 0 saturated heterocycles. The molecule has 1 fully saturated rings. The lowest BCUT2D eigenvalue weighted by molar-refractivity contribution is 0.0287. The molecule has 2 nitrogen and oxygen atoms in total. The molecule has 0 amide bonds. The van der Waals surface area contributed by atoms with E-state index in [-0.39, 0.29) is 17.6 Å². The van der Waals surface area contributed by atoms with Crippen LogP contribution in [0.2, 0.25) is 0 Å². The average Bonchev–Trinajstić information content (AvgIpc) is 2.39. The zero-order valence-corrected chi connectivity index (χ0v) is 14.2. The van der Waals surface area contributed by atoms with Crippen LogP contribution in [0, 0.1) is 11.3 Å². The van der Waals surface area contributed by atoms with Crippen molar-refractivity contribution in [3.8, 4) is 0 Å². The normalized spacial score (nSPS) is 38.5. The fourth-order valence-electron chi connectivity index (χ4n) is 4.30. The third-order valence-electron chi connectivity index (χ3n) is 5.22. The van der Waals surface area contributed by atoms with Crippen LogP contribution in [-0.4, -0.2) is 17.3 Å². The molecule has 108 valence electrons. The Morgan fingerprint density at radius 3 is 2.89 bits per heavy atom. The van der Waals surface area contributed by atoms with Crippen molar-refractivity contribution in [1.29, 1.82) is 0 Å². The van der Waals surface area contributed by atoms with Crippen LogP contribution >= 0.6 is 23.0 Å². The van der Waals surface area contributed by atoms with E-state index >= 15 is 0 Å². The van der Waals surface area contributed by atoms with Crippen LogP contribution in [0.5, 0.6) is 0 Å². The quantitative estimate of drug-likeness (QED) is 0.575. The third-order valence-corrected chi connectivity index (χ3v) is 6.06. The Morgan fingerprint density at radius 2 is 2.32 bits per heavy atom. The minimum absolute atomic E-state index is 0.00439. The fourth-order valence-corrected chi connectivity index (χ4v) is 4.98. The molecule has 0 radical (unpaired) electrons. The van der Waals surface area contributed by atoms with E-state index in [1.807, 2.05) is 0 Å². The summed E-state index contributed by atoms with van der Waals surface area (Å²) >= 11 is 2.08. The lowest BCUT2D eigenvalue weighted by Crippen LogP contribution is -2.49. The first-order valence-corrected chi connectivity index (χ1v) is 8.15. The second-order valence-corrected chi connectivity index (χ2v) is 6.85. The molecule has 2 aliphatic rings. The van der Waals surface area contributed by atoms with Gasteiger partial charge in [-0.1, -0.05) is 25.2 Å². The summed E-state index contributed by atoms with van der Waals surface area (Å²) in [4.78, 5) is 0. The van der Waals surface area contributed by atoms with Crippen molar-refractivity contribution in [3.63, 3.8) is 0 Å². The molecule has 0 bridgehead atoms. The zero-order valence-electron chi connectivity index (χ0n) is 12.0. The van der Waals surface area contributed by atoms with Gasteiger partial charge >= 0.3 is 0 Å². The molecule has 0 heterocycles. The molecule has 0 aliphatic heterocycles.